The number of halogens is 1. The van der Waals surface area contributed by atoms with Gasteiger partial charge in [0.1, 0.15) is 5.82 Å². The molecule has 4 rings (SSSR count). The average molecular weight is 330 g/mol. The van der Waals surface area contributed by atoms with Gasteiger partial charge in [-0.3, -0.25) is 15.6 Å². The molecule has 8 heteroatoms. The van der Waals surface area contributed by atoms with Gasteiger partial charge in [0.15, 0.2) is 0 Å². The molecule has 0 aliphatic heterocycles. The van der Waals surface area contributed by atoms with Gasteiger partial charge < -0.3 is 0 Å². The summed E-state index contributed by atoms with van der Waals surface area (Å²) in [5.74, 6) is -0.0748. The molecule has 1 unspecified atom stereocenters. The Hall–Kier alpha value is -2.51. The number of carbonyl (C=O) groups excluding carboxylic acids is 1. The summed E-state index contributed by atoms with van der Waals surface area (Å²) >= 11 is 0. The Morgan fingerprint density at radius 1 is 1.25 bits per heavy atom. The summed E-state index contributed by atoms with van der Waals surface area (Å²) in [4.78, 5) is 12.3. The van der Waals surface area contributed by atoms with Crippen molar-refractivity contribution in [2.24, 2.45) is 11.3 Å². The predicted molar refractivity (Wildman–Crippen MR) is 85.0 cm³/mol. The topological polar surface area (TPSA) is 95.6 Å². The fraction of sp³-hybridized carbons (Fsp3) is 0.500. The molecule has 1 spiro atoms. The molecule has 2 fully saturated rings. The van der Waals surface area contributed by atoms with E-state index in [1.54, 1.807) is 6.07 Å². The first-order chi connectivity index (χ1) is 11.7. The number of hydrogen-bond donors (Lipinski definition) is 3. The molecule has 2 aromatic rings. The summed E-state index contributed by atoms with van der Waals surface area (Å²) in [5.41, 5.74) is 6.67. The van der Waals surface area contributed by atoms with Crippen molar-refractivity contribution >= 4 is 11.6 Å². The highest BCUT2D eigenvalue weighted by atomic mass is 19.1. The number of anilines is 1. The van der Waals surface area contributed by atoms with Crippen molar-refractivity contribution in [3.05, 3.63) is 24.0 Å². The average Bonchev–Trinajstić information content (AvgIpc) is 3.02. The van der Waals surface area contributed by atoms with Gasteiger partial charge in [0, 0.05) is 11.5 Å². The van der Waals surface area contributed by atoms with E-state index >= 15 is 0 Å². The summed E-state index contributed by atoms with van der Waals surface area (Å²) in [6, 6.07) is 4.29. The second-order valence-corrected chi connectivity index (χ2v) is 6.76. The smallest absolute Gasteiger partial charge is 0.242 e. The molecule has 1 aromatic heterocycles. The van der Waals surface area contributed by atoms with Crippen LogP contribution in [0.1, 0.15) is 38.5 Å². The summed E-state index contributed by atoms with van der Waals surface area (Å²) < 4.78 is 13.8. The minimum Gasteiger partial charge on any atom is -0.298 e. The van der Waals surface area contributed by atoms with Crippen LogP contribution in [0.4, 0.5) is 10.1 Å². The molecule has 1 aromatic carbocycles. The van der Waals surface area contributed by atoms with E-state index < -0.39 is 5.82 Å². The van der Waals surface area contributed by atoms with Crippen LogP contribution in [-0.4, -0.2) is 26.5 Å². The molecule has 1 atom stereocenters. The van der Waals surface area contributed by atoms with Crippen LogP contribution in [-0.2, 0) is 4.79 Å². The maximum absolute atomic E-state index is 13.8. The van der Waals surface area contributed by atoms with Gasteiger partial charge in [-0.1, -0.05) is 19.3 Å². The van der Waals surface area contributed by atoms with E-state index in [1.807, 2.05) is 0 Å². The lowest BCUT2D eigenvalue weighted by atomic mass is 9.84. The van der Waals surface area contributed by atoms with Crippen LogP contribution in [0, 0.1) is 17.2 Å². The van der Waals surface area contributed by atoms with Crippen LogP contribution < -0.4 is 10.9 Å². The van der Waals surface area contributed by atoms with Crippen molar-refractivity contribution in [2.45, 2.75) is 38.5 Å². The highest BCUT2D eigenvalue weighted by Crippen LogP contribution is 2.61. The summed E-state index contributed by atoms with van der Waals surface area (Å²) in [5, 5.41) is 13.5. The minimum absolute atomic E-state index is 0.0118. The number of carbonyl (C=O) groups is 1. The lowest BCUT2D eigenvalue weighted by Crippen LogP contribution is -2.32. The van der Waals surface area contributed by atoms with Crippen LogP contribution >= 0.6 is 0 Å². The number of nitrogens with zero attached hydrogens (tertiary/aromatic N) is 3. The largest absolute Gasteiger partial charge is 0.298 e. The zero-order chi connectivity index (χ0) is 16.6. The van der Waals surface area contributed by atoms with Crippen molar-refractivity contribution in [1.29, 1.82) is 0 Å². The van der Waals surface area contributed by atoms with E-state index in [2.05, 4.69) is 31.5 Å². The Labute approximate surface area is 138 Å². The molecule has 1 heterocycles. The number of benzene rings is 1. The Balaban J connectivity index is 1.40. The Morgan fingerprint density at radius 3 is 2.83 bits per heavy atom. The lowest BCUT2D eigenvalue weighted by Gasteiger charge is -2.22. The number of tetrazole rings is 1. The molecule has 2 aliphatic rings. The molecular weight excluding hydrogens is 311 g/mol. The maximum Gasteiger partial charge on any atom is 0.242 e. The number of aromatic nitrogens is 4. The predicted octanol–water partition coefficient (Wildman–Crippen LogP) is 2.42. The summed E-state index contributed by atoms with van der Waals surface area (Å²) in [6.45, 7) is 0. The quantitative estimate of drug-likeness (QED) is 0.748. The third-order valence-corrected chi connectivity index (χ3v) is 5.19. The van der Waals surface area contributed by atoms with E-state index in [4.69, 9.17) is 0 Å². The fourth-order valence-electron chi connectivity index (χ4n) is 3.82. The molecule has 0 radical (unpaired) electrons. The van der Waals surface area contributed by atoms with E-state index in [0.717, 1.165) is 19.3 Å². The van der Waals surface area contributed by atoms with Crippen molar-refractivity contribution in [3.8, 4) is 11.4 Å². The van der Waals surface area contributed by atoms with E-state index in [9.17, 15) is 9.18 Å². The zero-order valence-corrected chi connectivity index (χ0v) is 13.2. The molecule has 24 heavy (non-hydrogen) atoms. The minimum atomic E-state index is -0.441. The molecule has 2 aliphatic carbocycles. The van der Waals surface area contributed by atoms with Gasteiger partial charge in [-0.05, 0) is 48.1 Å². The molecule has 7 nitrogen and oxygen atoms in total. The SMILES string of the molecule is O=C(NNc1cc(F)cc(-c2nn[nH]n2)c1)C1CC12CCCCC2. The third kappa shape index (κ3) is 2.83. The fourth-order valence-corrected chi connectivity index (χ4v) is 3.82. The molecular formula is C16H19FN6O. The molecule has 2 saturated carbocycles. The number of hydrazine groups is 1. The van der Waals surface area contributed by atoms with E-state index in [-0.39, 0.29) is 17.2 Å². The summed E-state index contributed by atoms with van der Waals surface area (Å²) in [7, 11) is 0. The number of nitrogens with one attached hydrogen (secondary N) is 3. The summed E-state index contributed by atoms with van der Waals surface area (Å²) in [6.07, 6.45) is 6.97. The van der Waals surface area contributed by atoms with Crippen LogP contribution in [0.25, 0.3) is 11.4 Å². The Morgan fingerprint density at radius 2 is 2.08 bits per heavy atom. The molecule has 1 amide bonds. The highest BCUT2D eigenvalue weighted by Gasteiger charge is 2.57. The number of amides is 1. The van der Waals surface area contributed by atoms with Gasteiger partial charge in [0.05, 0.1) is 5.69 Å². The van der Waals surface area contributed by atoms with Gasteiger partial charge in [-0.2, -0.15) is 5.21 Å². The van der Waals surface area contributed by atoms with Crippen molar-refractivity contribution in [3.63, 3.8) is 0 Å². The number of H-pyrrole nitrogens is 1. The van der Waals surface area contributed by atoms with Gasteiger partial charge in [-0.25, -0.2) is 4.39 Å². The first kappa shape index (κ1) is 15.0. The number of aromatic amines is 1. The monoisotopic (exact) mass is 330 g/mol. The Bertz CT molecular complexity index is 741. The molecule has 3 N–H and O–H groups in total. The Kier molecular flexibility index (Phi) is 3.66. The van der Waals surface area contributed by atoms with Crippen LogP contribution in [0.2, 0.25) is 0 Å². The number of hydrogen-bond acceptors (Lipinski definition) is 5. The third-order valence-electron chi connectivity index (χ3n) is 5.19. The number of rotatable bonds is 4. The van der Waals surface area contributed by atoms with Crippen molar-refractivity contribution in [2.75, 3.05) is 5.43 Å². The second kappa shape index (κ2) is 5.85. The van der Waals surface area contributed by atoms with Gasteiger partial charge >= 0.3 is 0 Å². The van der Waals surface area contributed by atoms with Crippen molar-refractivity contribution in [1.82, 2.24) is 26.0 Å². The first-order valence-electron chi connectivity index (χ1n) is 8.27. The second-order valence-electron chi connectivity index (χ2n) is 6.76. The van der Waals surface area contributed by atoms with Gasteiger partial charge in [0.2, 0.25) is 11.7 Å². The molecule has 0 bridgehead atoms. The molecule has 126 valence electrons. The zero-order valence-electron chi connectivity index (χ0n) is 13.2. The standard InChI is InChI=1S/C16H19FN6O/c17-11-6-10(14-19-22-23-20-14)7-12(8-11)18-21-15(24)13-9-16(13)4-2-1-3-5-16/h6-8,13,18H,1-5,9H2,(H,21,24)(H,19,20,22,23). The lowest BCUT2D eigenvalue weighted by molar-refractivity contribution is -0.122. The van der Waals surface area contributed by atoms with Gasteiger partial charge in [0.25, 0.3) is 0 Å². The molecule has 0 saturated heterocycles. The first-order valence-corrected chi connectivity index (χ1v) is 8.27. The van der Waals surface area contributed by atoms with E-state index in [1.165, 1.54) is 31.4 Å². The van der Waals surface area contributed by atoms with Crippen molar-refractivity contribution < 1.29 is 9.18 Å². The normalized spacial score (nSPS) is 21.5. The van der Waals surface area contributed by atoms with Crippen LogP contribution in [0.15, 0.2) is 18.2 Å². The van der Waals surface area contributed by atoms with Crippen LogP contribution in [0.5, 0.6) is 0 Å². The van der Waals surface area contributed by atoms with Gasteiger partial charge in [-0.15, -0.1) is 10.2 Å². The highest BCUT2D eigenvalue weighted by molar-refractivity contribution is 5.83. The van der Waals surface area contributed by atoms with E-state index in [0.29, 0.717) is 17.1 Å². The van der Waals surface area contributed by atoms with Crippen LogP contribution in [0.3, 0.4) is 0 Å². The maximum atomic E-state index is 13.8.